The predicted octanol–water partition coefficient (Wildman–Crippen LogP) is 1.58. The van der Waals surface area contributed by atoms with Gasteiger partial charge in [-0.05, 0) is 17.9 Å². The molecule has 0 rings (SSSR count). The van der Waals surface area contributed by atoms with Crippen LogP contribution in [0.5, 0.6) is 0 Å². The third-order valence-corrected chi connectivity index (χ3v) is 3.73. The summed E-state index contributed by atoms with van der Waals surface area (Å²) in [6.45, 7) is 0. The fraction of sp³-hybridized carbons (Fsp3) is 0.714. The Labute approximate surface area is 95.4 Å². The van der Waals surface area contributed by atoms with E-state index in [0.29, 0.717) is 11.5 Å². The summed E-state index contributed by atoms with van der Waals surface area (Å²) < 4.78 is -0.903. The number of rotatable bonds is 8. The molecule has 0 amide bonds. The molecule has 0 spiro atoms. The van der Waals surface area contributed by atoms with Crippen LogP contribution in [0.25, 0.3) is 0 Å². The molecule has 0 fully saturated rings. The molecule has 14 heavy (non-hydrogen) atoms. The maximum atomic E-state index is 10.3. The topological polar surface area (TPSA) is 74.6 Å². The van der Waals surface area contributed by atoms with Gasteiger partial charge in [-0.1, -0.05) is 11.6 Å². The third kappa shape index (κ3) is 8.52. The van der Waals surface area contributed by atoms with Crippen LogP contribution in [-0.4, -0.2) is 44.1 Å². The largest absolute Gasteiger partial charge is 0.481 e. The summed E-state index contributed by atoms with van der Waals surface area (Å²) in [5, 5.41) is 16.7. The van der Waals surface area contributed by atoms with Gasteiger partial charge in [-0.15, -0.1) is 11.8 Å². The normalized spacial score (nSPS) is 12.4. The maximum absolute atomic E-state index is 10.3. The molecule has 82 valence electrons. The number of alkyl halides is 1. The second-order valence-electron chi connectivity index (χ2n) is 2.32. The fourth-order valence-corrected chi connectivity index (χ4v) is 2.36. The van der Waals surface area contributed by atoms with E-state index in [1.54, 1.807) is 0 Å². The molecule has 2 N–H and O–H groups in total. The minimum Gasteiger partial charge on any atom is -0.481 e. The molecule has 0 heterocycles. The lowest BCUT2D eigenvalue weighted by atomic mass is 10.6. The molecule has 0 saturated carbocycles. The lowest BCUT2D eigenvalue weighted by Crippen LogP contribution is -2.09. The highest BCUT2D eigenvalue weighted by Gasteiger charge is 2.12. The Morgan fingerprint density at radius 1 is 1.29 bits per heavy atom. The van der Waals surface area contributed by atoms with Crippen molar-refractivity contribution in [3.05, 3.63) is 0 Å². The van der Waals surface area contributed by atoms with E-state index in [0.717, 1.165) is 18.2 Å². The molecule has 0 unspecified atom stereocenters. The Kier molecular flexibility index (Phi) is 8.21. The first-order chi connectivity index (χ1) is 6.54. The molecule has 1 atom stereocenters. The highest BCUT2D eigenvalue weighted by molar-refractivity contribution is 8.02. The van der Waals surface area contributed by atoms with Crippen LogP contribution < -0.4 is 0 Å². The maximum Gasteiger partial charge on any atom is 0.331 e. The zero-order chi connectivity index (χ0) is 11.0. The van der Waals surface area contributed by atoms with Crippen molar-refractivity contribution in [3.63, 3.8) is 0 Å². The second-order valence-corrected chi connectivity index (χ2v) is 5.34. The van der Waals surface area contributed by atoms with Crippen molar-refractivity contribution in [2.75, 3.05) is 17.3 Å². The van der Waals surface area contributed by atoms with Gasteiger partial charge in [-0.2, -0.15) is 11.8 Å². The first-order valence-electron chi connectivity index (χ1n) is 3.82. The van der Waals surface area contributed by atoms with Gasteiger partial charge in [0.1, 0.15) is 0 Å². The Morgan fingerprint density at radius 2 is 1.93 bits per heavy atom. The van der Waals surface area contributed by atoms with Crippen molar-refractivity contribution in [1.29, 1.82) is 0 Å². The molecule has 0 aliphatic heterocycles. The number of halogens is 1. The monoisotopic (exact) mass is 258 g/mol. The highest BCUT2D eigenvalue weighted by atomic mass is 35.5. The van der Waals surface area contributed by atoms with Crippen LogP contribution in [0.1, 0.15) is 6.42 Å². The van der Waals surface area contributed by atoms with Crippen LogP contribution in [0, 0.1) is 0 Å². The van der Waals surface area contributed by atoms with Crippen molar-refractivity contribution in [2.24, 2.45) is 0 Å². The summed E-state index contributed by atoms with van der Waals surface area (Å²) in [5.41, 5.74) is 0. The average Bonchev–Trinajstić information content (AvgIpc) is 2.09. The van der Waals surface area contributed by atoms with Crippen molar-refractivity contribution < 1.29 is 19.8 Å². The van der Waals surface area contributed by atoms with E-state index >= 15 is 0 Å². The molecular formula is C7H11ClO4S2. The Hall–Kier alpha value is -0.0700. The molecule has 0 saturated heterocycles. The van der Waals surface area contributed by atoms with Crippen LogP contribution in [0.4, 0.5) is 0 Å². The van der Waals surface area contributed by atoms with Gasteiger partial charge in [0.15, 0.2) is 4.71 Å². The number of carboxylic acid groups (broad SMARTS) is 2. The number of carbonyl (C=O) groups is 2. The Bertz CT molecular complexity index is 200. The number of aliphatic carboxylic acids is 2. The van der Waals surface area contributed by atoms with Gasteiger partial charge >= 0.3 is 11.9 Å². The summed E-state index contributed by atoms with van der Waals surface area (Å²) in [6, 6.07) is 0. The first kappa shape index (κ1) is 13.9. The smallest absolute Gasteiger partial charge is 0.331 e. The molecule has 0 radical (unpaired) electrons. The summed E-state index contributed by atoms with van der Waals surface area (Å²) in [7, 11) is 0. The number of hydrogen-bond donors (Lipinski definition) is 2. The van der Waals surface area contributed by atoms with Crippen LogP contribution in [0.3, 0.4) is 0 Å². The predicted molar refractivity (Wildman–Crippen MR) is 59.3 cm³/mol. The van der Waals surface area contributed by atoms with Crippen LogP contribution in [0.15, 0.2) is 0 Å². The van der Waals surface area contributed by atoms with Gasteiger partial charge in [-0.3, -0.25) is 4.79 Å². The number of hydrogen-bond acceptors (Lipinski definition) is 4. The molecule has 0 aromatic carbocycles. The van der Waals surface area contributed by atoms with Crippen molar-refractivity contribution >= 4 is 47.1 Å². The lowest BCUT2D eigenvalue weighted by molar-refractivity contribution is -0.135. The van der Waals surface area contributed by atoms with Crippen molar-refractivity contribution in [2.45, 2.75) is 11.1 Å². The van der Waals surface area contributed by atoms with Crippen LogP contribution in [0.2, 0.25) is 0 Å². The fourth-order valence-electron chi connectivity index (χ4n) is 0.579. The van der Waals surface area contributed by atoms with Gasteiger partial charge in [0.05, 0.1) is 5.75 Å². The van der Waals surface area contributed by atoms with E-state index < -0.39 is 16.6 Å². The Morgan fingerprint density at radius 3 is 2.43 bits per heavy atom. The van der Waals surface area contributed by atoms with E-state index in [2.05, 4.69) is 0 Å². The summed E-state index contributed by atoms with van der Waals surface area (Å²) >= 11 is 7.91. The molecule has 7 heteroatoms. The van der Waals surface area contributed by atoms with Crippen LogP contribution >= 0.6 is 35.1 Å². The molecule has 0 bridgehead atoms. The van der Waals surface area contributed by atoms with Crippen molar-refractivity contribution in [1.82, 2.24) is 0 Å². The molecule has 0 aliphatic carbocycles. The number of thioether (sulfide) groups is 2. The van der Waals surface area contributed by atoms with E-state index in [9.17, 15) is 9.59 Å². The molecule has 0 aromatic rings. The highest BCUT2D eigenvalue weighted by Crippen LogP contribution is 2.17. The molecule has 4 nitrogen and oxygen atoms in total. The average molecular weight is 259 g/mol. The second kappa shape index (κ2) is 8.26. The van der Waals surface area contributed by atoms with E-state index in [1.807, 2.05) is 0 Å². The van der Waals surface area contributed by atoms with Gasteiger partial charge in [0, 0.05) is 0 Å². The van der Waals surface area contributed by atoms with Gasteiger partial charge in [-0.25, -0.2) is 4.79 Å². The quantitative estimate of drug-likeness (QED) is 0.509. The third-order valence-electron chi connectivity index (χ3n) is 1.12. The zero-order valence-electron chi connectivity index (χ0n) is 7.31. The van der Waals surface area contributed by atoms with E-state index in [4.69, 9.17) is 21.8 Å². The molecular weight excluding hydrogens is 248 g/mol. The lowest BCUT2D eigenvalue weighted by Gasteiger charge is -2.02. The SMILES string of the molecule is O=C(O)CSCCCS[C@@H](Cl)C(=O)O. The first-order valence-corrected chi connectivity index (χ1v) is 6.46. The Balaban J connectivity index is 3.21. The summed E-state index contributed by atoms with van der Waals surface area (Å²) in [5.74, 6) is -0.429. The minimum absolute atomic E-state index is 0.0912. The molecule has 0 aromatic heterocycles. The summed E-state index contributed by atoms with van der Waals surface area (Å²) in [4.78, 5) is 20.4. The van der Waals surface area contributed by atoms with E-state index in [-0.39, 0.29) is 5.75 Å². The zero-order valence-corrected chi connectivity index (χ0v) is 9.70. The van der Waals surface area contributed by atoms with Gasteiger partial charge in [0.25, 0.3) is 0 Å². The van der Waals surface area contributed by atoms with Gasteiger partial charge in [0.2, 0.25) is 0 Å². The van der Waals surface area contributed by atoms with Crippen LogP contribution in [-0.2, 0) is 9.59 Å². The van der Waals surface area contributed by atoms with E-state index in [1.165, 1.54) is 11.8 Å². The van der Waals surface area contributed by atoms with Crippen molar-refractivity contribution in [3.8, 4) is 0 Å². The summed E-state index contributed by atoms with van der Waals surface area (Å²) in [6.07, 6.45) is 0.763. The number of carboxylic acids is 2. The minimum atomic E-state index is -1.03. The molecule has 0 aliphatic rings. The van der Waals surface area contributed by atoms with Gasteiger partial charge < -0.3 is 10.2 Å². The standard InChI is InChI=1S/C7H11ClO4S2/c8-6(7(11)12)14-3-1-2-13-4-5(9)10/h6H,1-4H2,(H,9,10)(H,11,12)/t6-/m1/s1.